The minimum Gasteiger partial charge on any atom is -0.352 e. The standard InChI is InChI=1S/C24H32N2O2S/c1-17(2)25-24(28)20(5)26(16-21-10-6-18(3)7-11-21)23(27)14-15-29-22-12-8-19(4)9-13-22/h6-13,17,20H,14-16H2,1-5H3,(H,25,28)/t20-/m0/s1. The van der Waals surface area contributed by atoms with E-state index in [0.717, 1.165) is 10.5 Å². The first-order chi connectivity index (χ1) is 13.8. The van der Waals surface area contributed by atoms with Gasteiger partial charge >= 0.3 is 0 Å². The summed E-state index contributed by atoms with van der Waals surface area (Å²) in [6, 6.07) is 15.9. The molecule has 0 spiro atoms. The van der Waals surface area contributed by atoms with Crippen molar-refractivity contribution in [3.8, 4) is 0 Å². The molecule has 0 aliphatic heterocycles. The number of rotatable bonds is 9. The number of aryl methyl sites for hydroxylation is 2. The van der Waals surface area contributed by atoms with Crippen LogP contribution in [0.3, 0.4) is 0 Å². The maximum Gasteiger partial charge on any atom is 0.242 e. The van der Waals surface area contributed by atoms with Gasteiger partial charge in [0.25, 0.3) is 0 Å². The van der Waals surface area contributed by atoms with Crippen LogP contribution in [0.4, 0.5) is 0 Å². The third-order valence-corrected chi connectivity index (χ3v) is 5.69. The zero-order valence-electron chi connectivity index (χ0n) is 18.1. The summed E-state index contributed by atoms with van der Waals surface area (Å²) in [5.74, 6) is 0.563. The number of hydrogen-bond donors (Lipinski definition) is 1. The Bertz CT molecular complexity index is 801. The van der Waals surface area contributed by atoms with Gasteiger partial charge < -0.3 is 10.2 Å². The number of carbonyl (C=O) groups excluding carboxylic acids is 2. The lowest BCUT2D eigenvalue weighted by molar-refractivity contribution is -0.140. The minimum atomic E-state index is -0.518. The number of amides is 2. The fraction of sp³-hybridized carbons (Fsp3) is 0.417. The molecule has 0 radical (unpaired) electrons. The fourth-order valence-corrected chi connectivity index (χ4v) is 3.75. The molecule has 0 heterocycles. The van der Waals surface area contributed by atoms with Crippen molar-refractivity contribution >= 4 is 23.6 Å². The lowest BCUT2D eigenvalue weighted by Crippen LogP contribution is -2.49. The summed E-state index contributed by atoms with van der Waals surface area (Å²) in [4.78, 5) is 28.4. The number of thioether (sulfide) groups is 1. The van der Waals surface area contributed by atoms with E-state index in [2.05, 4.69) is 36.5 Å². The normalized spacial score (nSPS) is 11.9. The van der Waals surface area contributed by atoms with Crippen LogP contribution in [0.1, 0.15) is 43.9 Å². The van der Waals surface area contributed by atoms with E-state index in [0.29, 0.717) is 18.7 Å². The molecule has 0 unspecified atom stereocenters. The molecule has 5 heteroatoms. The summed E-state index contributed by atoms with van der Waals surface area (Å²) in [5, 5.41) is 2.92. The molecule has 2 rings (SSSR count). The second-order valence-electron chi connectivity index (χ2n) is 7.76. The van der Waals surface area contributed by atoms with Gasteiger partial charge in [-0.1, -0.05) is 47.5 Å². The largest absolute Gasteiger partial charge is 0.352 e. The van der Waals surface area contributed by atoms with Gasteiger partial charge in [-0.3, -0.25) is 9.59 Å². The van der Waals surface area contributed by atoms with Crippen molar-refractivity contribution in [2.45, 2.75) is 64.6 Å². The lowest BCUT2D eigenvalue weighted by atomic mass is 10.1. The first-order valence-corrected chi connectivity index (χ1v) is 11.1. The molecule has 1 N–H and O–H groups in total. The van der Waals surface area contributed by atoms with Crippen molar-refractivity contribution in [2.75, 3.05) is 5.75 Å². The lowest BCUT2D eigenvalue weighted by Gasteiger charge is -2.29. The highest BCUT2D eigenvalue weighted by Crippen LogP contribution is 2.20. The van der Waals surface area contributed by atoms with E-state index in [1.54, 1.807) is 23.6 Å². The average Bonchev–Trinajstić information content (AvgIpc) is 2.68. The van der Waals surface area contributed by atoms with Gasteiger partial charge in [-0.2, -0.15) is 0 Å². The topological polar surface area (TPSA) is 49.4 Å². The van der Waals surface area contributed by atoms with Crippen LogP contribution < -0.4 is 5.32 Å². The Morgan fingerprint density at radius 2 is 1.48 bits per heavy atom. The summed E-state index contributed by atoms with van der Waals surface area (Å²) in [7, 11) is 0. The summed E-state index contributed by atoms with van der Waals surface area (Å²) in [6.07, 6.45) is 0.393. The molecule has 0 aliphatic carbocycles. The highest BCUT2D eigenvalue weighted by Gasteiger charge is 2.26. The number of benzene rings is 2. The van der Waals surface area contributed by atoms with Crippen molar-refractivity contribution in [3.05, 3.63) is 65.2 Å². The van der Waals surface area contributed by atoms with E-state index in [-0.39, 0.29) is 17.9 Å². The van der Waals surface area contributed by atoms with Gasteiger partial charge in [-0.15, -0.1) is 11.8 Å². The zero-order valence-corrected chi connectivity index (χ0v) is 18.9. The smallest absolute Gasteiger partial charge is 0.242 e. The second-order valence-corrected chi connectivity index (χ2v) is 8.93. The third kappa shape index (κ3) is 7.58. The van der Waals surface area contributed by atoms with E-state index in [1.165, 1.54) is 11.1 Å². The molecule has 0 saturated heterocycles. The van der Waals surface area contributed by atoms with Crippen LogP contribution in [0.5, 0.6) is 0 Å². The van der Waals surface area contributed by atoms with Crippen LogP contribution in [0, 0.1) is 13.8 Å². The van der Waals surface area contributed by atoms with Crippen molar-refractivity contribution in [1.29, 1.82) is 0 Å². The van der Waals surface area contributed by atoms with Gasteiger partial charge in [-0.25, -0.2) is 0 Å². The van der Waals surface area contributed by atoms with E-state index in [1.807, 2.05) is 45.0 Å². The SMILES string of the molecule is Cc1ccc(CN(C(=O)CCSc2ccc(C)cc2)[C@@H](C)C(=O)NC(C)C)cc1. The summed E-state index contributed by atoms with van der Waals surface area (Å²) in [5.41, 5.74) is 3.42. The maximum atomic E-state index is 13.0. The molecule has 0 aliphatic rings. The number of hydrogen-bond acceptors (Lipinski definition) is 3. The van der Waals surface area contributed by atoms with Crippen LogP contribution in [0.25, 0.3) is 0 Å². The van der Waals surface area contributed by atoms with Crippen molar-refractivity contribution in [2.24, 2.45) is 0 Å². The molecule has 156 valence electrons. The number of nitrogens with zero attached hydrogens (tertiary/aromatic N) is 1. The molecule has 2 aromatic rings. The van der Waals surface area contributed by atoms with Crippen LogP contribution in [0.15, 0.2) is 53.4 Å². The van der Waals surface area contributed by atoms with Crippen molar-refractivity contribution in [1.82, 2.24) is 10.2 Å². The first kappa shape index (κ1) is 23.0. The van der Waals surface area contributed by atoms with Crippen molar-refractivity contribution < 1.29 is 9.59 Å². The highest BCUT2D eigenvalue weighted by atomic mass is 32.2. The van der Waals surface area contributed by atoms with Crippen LogP contribution in [-0.4, -0.2) is 34.6 Å². The summed E-state index contributed by atoms with van der Waals surface area (Å²) >= 11 is 1.67. The van der Waals surface area contributed by atoms with Gasteiger partial charge in [0.1, 0.15) is 6.04 Å². The van der Waals surface area contributed by atoms with Gasteiger partial charge in [0.2, 0.25) is 11.8 Å². The van der Waals surface area contributed by atoms with E-state index >= 15 is 0 Å². The molecule has 2 amide bonds. The molecule has 4 nitrogen and oxygen atoms in total. The van der Waals surface area contributed by atoms with Gasteiger partial charge in [0, 0.05) is 29.7 Å². The van der Waals surface area contributed by atoms with E-state index < -0.39 is 6.04 Å². The predicted octanol–water partition coefficient (Wildman–Crippen LogP) is 4.73. The van der Waals surface area contributed by atoms with E-state index in [9.17, 15) is 9.59 Å². The Kier molecular flexibility index (Phi) is 8.77. The molecular formula is C24H32N2O2S. The summed E-state index contributed by atoms with van der Waals surface area (Å²) in [6.45, 7) is 10.2. The quantitative estimate of drug-likeness (QED) is 0.606. The summed E-state index contributed by atoms with van der Waals surface area (Å²) < 4.78 is 0. The van der Waals surface area contributed by atoms with Crippen LogP contribution in [-0.2, 0) is 16.1 Å². The first-order valence-electron chi connectivity index (χ1n) is 10.1. The molecule has 2 aromatic carbocycles. The molecule has 0 aromatic heterocycles. The van der Waals surface area contributed by atoms with Gasteiger partial charge in [0.05, 0.1) is 0 Å². The molecule has 0 saturated carbocycles. The second kappa shape index (κ2) is 11.1. The Labute approximate surface area is 179 Å². The number of carbonyl (C=O) groups is 2. The van der Waals surface area contributed by atoms with E-state index in [4.69, 9.17) is 0 Å². The molecule has 0 bridgehead atoms. The van der Waals surface area contributed by atoms with Crippen LogP contribution >= 0.6 is 11.8 Å². The Balaban J connectivity index is 2.05. The van der Waals surface area contributed by atoms with Crippen molar-refractivity contribution in [3.63, 3.8) is 0 Å². The van der Waals surface area contributed by atoms with Gasteiger partial charge in [0.15, 0.2) is 0 Å². The molecule has 29 heavy (non-hydrogen) atoms. The minimum absolute atomic E-state index is 0.00315. The maximum absolute atomic E-state index is 13.0. The highest BCUT2D eigenvalue weighted by molar-refractivity contribution is 7.99. The van der Waals surface area contributed by atoms with Gasteiger partial charge in [-0.05, 0) is 52.3 Å². The average molecular weight is 413 g/mol. The molecule has 0 fully saturated rings. The Morgan fingerprint density at radius 1 is 0.931 bits per heavy atom. The Morgan fingerprint density at radius 3 is 2.03 bits per heavy atom. The molecular weight excluding hydrogens is 380 g/mol. The third-order valence-electron chi connectivity index (χ3n) is 4.68. The van der Waals surface area contributed by atoms with Crippen LogP contribution in [0.2, 0.25) is 0 Å². The monoisotopic (exact) mass is 412 g/mol. The predicted molar refractivity (Wildman–Crippen MR) is 121 cm³/mol. The Hall–Kier alpha value is -2.27. The fourth-order valence-electron chi connectivity index (χ4n) is 2.91. The molecule has 1 atom stereocenters. The zero-order chi connectivity index (χ0) is 21.4. The number of nitrogens with one attached hydrogen (secondary N) is 1.